The summed E-state index contributed by atoms with van der Waals surface area (Å²) in [5.41, 5.74) is 1.72. The minimum absolute atomic E-state index is 0.263. The van der Waals surface area contributed by atoms with E-state index in [1.807, 2.05) is 11.8 Å². The average Bonchev–Trinajstić information content (AvgIpc) is 2.04. The lowest BCUT2D eigenvalue weighted by Crippen LogP contribution is -2.12. The van der Waals surface area contributed by atoms with E-state index in [0.717, 1.165) is 5.75 Å². The zero-order valence-corrected chi connectivity index (χ0v) is 9.74. The largest absolute Gasteiger partial charge is 0.126 e. The van der Waals surface area contributed by atoms with Crippen LogP contribution in [0, 0.1) is 0 Å². The zero-order chi connectivity index (χ0) is 9.90. The fourth-order valence-electron chi connectivity index (χ4n) is 1.37. The van der Waals surface area contributed by atoms with Crippen LogP contribution in [-0.2, 0) is 5.41 Å². The first-order valence-corrected chi connectivity index (χ1v) is 5.76. The van der Waals surface area contributed by atoms with Crippen molar-refractivity contribution in [2.24, 2.45) is 0 Å². The van der Waals surface area contributed by atoms with Crippen LogP contribution >= 0.6 is 11.8 Å². The van der Waals surface area contributed by atoms with E-state index in [1.54, 1.807) is 0 Å². The van der Waals surface area contributed by atoms with Crippen molar-refractivity contribution in [3.63, 3.8) is 0 Å². The third-order valence-electron chi connectivity index (χ3n) is 1.99. The molecule has 0 aromatic heterocycles. The van der Waals surface area contributed by atoms with Crippen molar-refractivity contribution in [2.75, 3.05) is 5.75 Å². The molecule has 0 bridgehead atoms. The lowest BCUT2D eigenvalue weighted by molar-refractivity contribution is 0.578. The number of hydrogen-bond donors (Lipinski definition) is 0. The summed E-state index contributed by atoms with van der Waals surface area (Å²) in [6.45, 7) is 9.00. The molecule has 0 aliphatic rings. The molecule has 0 amide bonds. The Kier molecular flexibility index (Phi) is 3.43. The van der Waals surface area contributed by atoms with Gasteiger partial charge in [0, 0.05) is 4.90 Å². The second kappa shape index (κ2) is 4.19. The van der Waals surface area contributed by atoms with Crippen LogP contribution in [0.4, 0.5) is 0 Å². The lowest BCUT2D eigenvalue weighted by Gasteiger charge is -2.22. The summed E-state index contributed by atoms with van der Waals surface area (Å²) in [6.07, 6.45) is 0. The average molecular weight is 194 g/mol. The second-order valence-electron chi connectivity index (χ2n) is 4.18. The number of rotatable bonds is 2. The first-order valence-electron chi connectivity index (χ1n) is 4.78. The summed E-state index contributed by atoms with van der Waals surface area (Å²) in [4.78, 5) is 1.43. The van der Waals surface area contributed by atoms with Gasteiger partial charge in [-0.1, -0.05) is 45.9 Å². The third kappa shape index (κ3) is 2.77. The first-order chi connectivity index (χ1) is 6.05. The second-order valence-corrected chi connectivity index (χ2v) is 5.49. The highest BCUT2D eigenvalue weighted by molar-refractivity contribution is 7.99. The van der Waals surface area contributed by atoms with Crippen molar-refractivity contribution in [1.29, 1.82) is 0 Å². The highest BCUT2D eigenvalue weighted by Gasteiger charge is 2.16. The van der Waals surface area contributed by atoms with Gasteiger partial charge in [-0.2, -0.15) is 0 Å². The van der Waals surface area contributed by atoms with Crippen LogP contribution in [-0.4, -0.2) is 5.75 Å². The van der Waals surface area contributed by atoms with Gasteiger partial charge in [-0.25, -0.2) is 0 Å². The Bertz CT molecular complexity index is 271. The molecule has 1 aromatic carbocycles. The summed E-state index contributed by atoms with van der Waals surface area (Å²) in [5.74, 6) is 1.15. The van der Waals surface area contributed by atoms with E-state index < -0.39 is 0 Å². The molecule has 0 N–H and O–H groups in total. The molecule has 0 saturated heterocycles. The lowest BCUT2D eigenvalue weighted by atomic mass is 9.87. The Morgan fingerprint density at radius 1 is 1.15 bits per heavy atom. The first kappa shape index (κ1) is 10.6. The molecule has 72 valence electrons. The molecular formula is C12H18S. The van der Waals surface area contributed by atoms with Crippen molar-refractivity contribution in [1.82, 2.24) is 0 Å². The molecule has 0 fully saturated rings. The maximum absolute atomic E-state index is 2.27. The quantitative estimate of drug-likeness (QED) is 0.639. The molecule has 0 radical (unpaired) electrons. The van der Waals surface area contributed by atoms with Gasteiger partial charge in [0.1, 0.15) is 0 Å². The Balaban J connectivity index is 3.05. The number of benzene rings is 1. The molecule has 0 nitrogen and oxygen atoms in total. The fourth-order valence-corrected chi connectivity index (χ4v) is 2.38. The summed E-state index contributed by atoms with van der Waals surface area (Å²) in [7, 11) is 0. The summed E-state index contributed by atoms with van der Waals surface area (Å²) in [5, 5.41) is 0. The van der Waals surface area contributed by atoms with Crippen LogP contribution in [0.1, 0.15) is 33.3 Å². The van der Waals surface area contributed by atoms with Gasteiger partial charge in [0.2, 0.25) is 0 Å². The highest BCUT2D eigenvalue weighted by atomic mass is 32.2. The van der Waals surface area contributed by atoms with E-state index in [-0.39, 0.29) is 5.41 Å². The van der Waals surface area contributed by atoms with E-state index in [1.165, 1.54) is 10.5 Å². The maximum atomic E-state index is 2.27. The number of thioether (sulfide) groups is 1. The zero-order valence-electron chi connectivity index (χ0n) is 8.92. The van der Waals surface area contributed by atoms with E-state index in [0.29, 0.717) is 0 Å². The van der Waals surface area contributed by atoms with Crippen molar-refractivity contribution in [3.05, 3.63) is 29.8 Å². The normalized spacial score (nSPS) is 11.7. The van der Waals surface area contributed by atoms with Crippen molar-refractivity contribution in [2.45, 2.75) is 38.0 Å². The van der Waals surface area contributed by atoms with E-state index in [9.17, 15) is 0 Å². The van der Waals surface area contributed by atoms with Crippen molar-refractivity contribution < 1.29 is 0 Å². The molecule has 0 atom stereocenters. The Labute approximate surface area is 85.7 Å². The van der Waals surface area contributed by atoms with Crippen molar-refractivity contribution in [3.8, 4) is 0 Å². The molecule has 0 aliphatic heterocycles. The molecule has 1 rings (SSSR count). The monoisotopic (exact) mass is 194 g/mol. The van der Waals surface area contributed by atoms with E-state index >= 15 is 0 Å². The molecule has 0 spiro atoms. The van der Waals surface area contributed by atoms with Gasteiger partial charge in [0.15, 0.2) is 0 Å². The molecule has 1 aromatic rings. The molecule has 0 saturated carbocycles. The van der Waals surface area contributed by atoms with Crippen LogP contribution in [0.2, 0.25) is 0 Å². The van der Waals surface area contributed by atoms with E-state index in [2.05, 4.69) is 52.0 Å². The van der Waals surface area contributed by atoms with Crippen LogP contribution in [0.3, 0.4) is 0 Å². The Hall–Kier alpha value is -0.430. The molecule has 13 heavy (non-hydrogen) atoms. The van der Waals surface area contributed by atoms with Gasteiger partial charge in [-0.15, -0.1) is 11.8 Å². The third-order valence-corrected chi connectivity index (χ3v) is 2.95. The van der Waals surface area contributed by atoms with Gasteiger partial charge in [-0.3, -0.25) is 0 Å². The van der Waals surface area contributed by atoms with Crippen LogP contribution in [0.15, 0.2) is 29.2 Å². The Morgan fingerprint density at radius 3 is 2.31 bits per heavy atom. The standard InChI is InChI=1S/C12H18S/c1-5-13-11-9-7-6-8-10(11)12(2,3)4/h6-9H,5H2,1-4H3. The summed E-state index contributed by atoms with van der Waals surface area (Å²) in [6, 6.07) is 8.69. The number of hydrogen-bond acceptors (Lipinski definition) is 1. The molecule has 0 heterocycles. The van der Waals surface area contributed by atoms with Crippen LogP contribution < -0.4 is 0 Å². The summed E-state index contributed by atoms with van der Waals surface area (Å²) < 4.78 is 0. The fraction of sp³-hybridized carbons (Fsp3) is 0.500. The molecule has 1 heteroatoms. The van der Waals surface area contributed by atoms with Gasteiger partial charge < -0.3 is 0 Å². The predicted octanol–water partition coefficient (Wildman–Crippen LogP) is 4.10. The topological polar surface area (TPSA) is 0 Å². The van der Waals surface area contributed by atoms with Gasteiger partial charge >= 0.3 is 0 Å². The van der Waals surface area contributed by atoms with Gasteiger partial charge in [-0.05, 0) is 22.8 Å². The molecule has 0 unspecified atom stereocenters. The van der Waals surface area contributed by atoms with Gasteiger partial charge in [0.25, 0.3) is 0 Å². The smallest absolute Gasteiger partial charge is 0.0109 e. The minimum atomic E-state index is 0.263. The van der Waals surface area contributed by atoms with Crippen LogP contribution in [0.25, 0.3) is 0 Å². The highest BCUT2D eigenvalue weighted by Crippen LogP contribution is 2.31. The van der Waals surface area contributed by atoms with Crippen molar-refractivity contribution >= 4 is 11.8 Å². The summed E-state index contributed by atoms with van der Waals surface area (Å²) >= 11 is 1.93. The molecular weight excluding hydrogens is 176 g/mol. The Morgan fingerprint density at radius 2 is 1.77 bits per heavy atom. The van der Waals surface area contributed by atoms with Gasteiger partial charge in [0.05, 0.1) is 0 Å². The van der Waals surface area contributed by atoms with Crippen LogP contribution in [0.5, 0.6) is 0 Å². The maximum Gasteiger partial charge on any atom is 0.0109 e. The molecule has 0 aliphatic carbocycles. The SMILES string of the molecule is CCSc1ccccc1C(C)(C)C. The van der Waals surface area contributed by atoms with E-state index in [4.69, 9.17) is 0 Å². The minimum Gasteiger partial charge on any atom is -0.126 e. The predicted molar refractivity (Wildman–Crippen MR) is 61.5 cm³/mol.